The summed E-state index contributed by atoms with van der Waals surface area (Å²) in [5.41, 5.74) is 1.63. The summed E-state index contributed by atoms with van der Waals surface area (Å²) in [5.74, 6) is 0.00586. The second kappa shape index (κ2) is 6.27. The Morgan fingerprint density at radius 1 is 1.32 bits per heavy atom. The number of anilines is 1. The average Bonchev–Trinajstić information content (AvgIpc) is 3.00. The van der Waals surface area contributed by atoms with E-state index in [1.807, 2.05) is 6.92 Å². The molecule has 118 valence electrons. The number of aryl methyl sites for hydroxylation is 3. The molecule has 7 nitrogen and oxygen atoms in total. The third kappa shape index (κ3) is 3.01. The minimum Gasteiger partial charge on any atom is -0.361 e. The highest BCUT2D eigenvalue weighted by Gasteiger charge is 2.22. The normalized spacial score (nSPS) is 10.6. The van der Waals surface area contributed by atoms with E-state index in [4.69, 9.17) is 4.52 Å². The Morgan fingerprint density at radius 2 is 2.00 bits per heavy atom. The van der Waals surface area contributed by atoms with Crippen molar-refractivity contribution in [2.75, 3.05) is 19.4 Å². The van der Waals surface area contributed by atoms with Crippen LogP contribution < -0.4 is 5.32 Å². The molecule has 0 aliphatic rings. The van der Waals surface area contributed by atoms with Gasteiger partial charge in [-0.1, -0.05) is 23.4 Å². The average molecular weight is 322 g/mol. The van der Waals surface area contributed by atoms with Crippen LogP contribution in [0.4, 0.5) is 5.13 Å². The van der Waals surface area contributed by atoms with Gasteiger partial charge in [0.05, 0.1) is 11.4 Å². The molecule has 2 aromatic heterocycles. The molecule has 0 bridgehead atoms. The monoisotopic (exact) mass is 322 g/mol. The van der Waals surface area contributed by atoms with E-state index in [-0.39, 0.29) is 11.8 Å². The lowest BCUT2D eigenvalue weighted by Crippen LogP contribution is -2.21. The van der Waals surface area contributed by atoms with Gasteiger partial charge in [-0.3, -0.25) is 14.9 Å². The van der Waals surface area contributed by atoms with Crippen LogP contribution in [0.3, 0.4) is 0 Å². The van der Waals surface area contributed by atoms with Gasteiger partial charge < -0.3 is 9.42 Å². The number of nitrogens with one attached hydrogen (secondary N) is 1. The summed E-state index contributed by atoms with van der Waals surface area (Å²) in [5, 5.41) is 6.95. The largest absolute Gasteiger partial charge is 0.361 e. The van der Waals surface area contributed by atoms with Crippen molar-refractivity contribution in [2.24, 2.45) is 0 Å². The second-order valence-corrected chi connectivity index (χ2v) is 6.00. The lowest BCUT2D eigenvalue weighted by Gasteiger charge is -2.07. The molecule has 0 saturated carbocycles. The molecule has 0 atom stereocenters. The summed E-state index contributed by atoms with van der Waals surface area (Å²) in [6.07, 6.45) is 0.599. The SMILES string of the molecule is CCc1noc(C)c1C(=O)Nc1nc(C)c(C(=O)N(C)C)s1. The van der Waals surface area contributed by atoms with Crippen LogP contribution in [0.5, 0.6) is 0 Å². The van der Waals surface area contributed by atoms with Crippen molar-refractivity contribution >= 4 is 28.3 Å². The fourth-order valence-corrected chi connectivity index (χ4v) is 2.94. The Bertz CT molecular complexity index is 718. The van der Waals surface area contributed by atoms with Gasteiger partial charge in [0.2, 0.25) is 0 Å². The number of nitrogens with zero attached hydrogens (tertiary/aromatic N) is 3. The molecule has 0 aliphatic carbocycles. The predicted octanol–water partition coefficient (Wildman–Crippen LogP) is 2.26. The molecule has 2 rings (SSSR count). The maximum absolute atomic E-state index is 12.4. The summed E-state index contributed by atoms with van der Waals surface area (Å²) in [6.45, 7) is 5.33. The Labute approximate surface area is 132 Å². The summed E-state index contributed by atoms with van der Waals surface area (Å²) in [7, 11) is 3.35. The van der Waals surface area contributed by atoms with E-state index in [9.17, 15) is 9.59 Å². The van der Waals surface area contributed by atoms with Gasteiger partial charge in [0, 0.05) is 14.1 Å². The highest BCUT2D eigenvalue weighted by Crippen LogP contribution is 2.25. The summed E-state index contributed by atoms with van der Waals surface area (Å²) in [4.78, 5) is 30.6. The van der Waals surface area contributed by atoms with Gasteiger partial charge in [-0.25, -0.2) is 4.98 Å². The zero-order valence-corrected chi connectivity index (χ0v) is 14.0. The van der Waals surface area contributed by atoms with E-state index in [0.29, 0.717) is 39.1 Å². The van der Waals surface area contributed by atoms with Crippen LogP contribution in [0, 0.1) is 13.8 Å². The number of hydrogen-bond acceptors (Lipinski definition) is 6. The van der Waals surface area contributed by atoms with E-state index in [1.54, 1.807) is 27.9 Å². The number of carbonyl (C=O) groups excluding carboxylic acids is 2. The van der Waals surface area contributed by atoms with Crippen LogP contribution in [0.1, 0.15) is 44.1 Å². The number of aromatic nitrogens is 2. The molecular weight excluding hydrogens is 304 g/mol. The van der Waals surface area contributed by atoms with Gasteiger partial charge in [0.25, 0.3) is 11.8 Å². The smallest absolute Gasteiger partial charge is 0.265 e. The molecule has 0 radical (unpaired) electrons. The summed E-state index contributed by atoms with van der Waals surface area (Å²) in [6, 6.07) is 0. The van der Waals surface area contributed by atoms with Crippen molar-refractivity contribution in [3.05, 3.63) is 27.6 Å². The zero-order valence-electron chi connectivity index (χ0n) is 13.2. The number of rotatable bonds is 4. The maximum Gasteiger partial charge on any atom is 0.265 e. The van der Waals surface area contributed by atoms with Gasteiger partial charge >= 0.3 is 0 Å². The number of amides is 2. The van der Waals surface area contributed by atoms with Crippen molar-refractivity contribution in [3.63, 3.8) is 0 Å². The molecule has 0 unspecified atom stereocenters. The minimum absolute atomic E-state index is 0.133. The Hall–Kier alpha value is -2.22. The lowest BCUT2D eigenvalue weighted by atomic mass is 10.1. The first-order chi connectivity index (χ1) is 10.3. The molecule has 0 aliphatic heterocycles. The van der Waals surface area contributed by atoms with Crippen LogP contribution >= 0.6 is 11.3 Å². The van der Waals surface area contributed by atoms with E-state index in [2.05, 4.69) is 15.5 Å². The van der Waals surface area contributed by atoms with E-state index < -0.39 is 0 Å². The molecule has 2 aromatic rings. The van der Waals surface area contributed by atoms with Crippen LogP contribution in [-0.2, 0) is 6.42 Å². The molecule has 2 amide bonds. The van der Waals surface area contributed by atoms with E-state index in [1.165, 1.54) is 4.90 Å². The molecule has 0 fully saturated rings. The fraction of sp³-hybridized carbons (Fsp3) is 0.429. The minimum atomic E-state index is -0.326. The van der Waals surface area contributed by atoms with Crippen molar-refractivity contribution in [3.8, 4) is 0 Å². The predicted molar refractivity (Wildman–Crippen MR) is 83.4 cm³/mol. The number of thiazole rings is 1. The number of hydrogen-bond donors (Lipinski definition) is 1. The van der Waals surface area contributed by atoms with Crippen molar-refractivity contribution in [2.45, 2.75) is 27.2 Å². The van der Waals surface area contributed by atoms with Gasteiger partial charge in [0.1, 0.15) is 16.2 Å². The summed E-state index contributed by atoms with van der Waals surface area (Å²) < 4.78 is 5.06. The van der Waals surface area contributed by atoms with Crippen molar-refractivity contribution < 1.29 is 14.1 Å². The van der Waals surface area contributed by atoms with Crippen LogP contribution in [0.15, 0.2) is 4.52 Å². The van der Waals surface area contributed by atoms with E-state index >= 15 is 0 Å². The molecule has 0 spiro atoms. The first-order valence-corrected chi connectivity index (χ1v) is 7.62. The van der Waals surface area contributed by atoms with Crippen molar-refractivity contribution in [1.29, 1.82) is 0 Å². The Morgan fingerprint density at radius 3 is 2.59 bits per heavy atom. The zero-order chi connectivity index (χ0) is 16.4. The van der Waals surface area contributed by atoms with Crippen LogP contribution in [0.2, 0.25) is 0 Å². The number of carbonyl (C=O) groups is 2. The first-order valence-electron chi connectivity index (χ1n) is 6.80. The first kappa shape index (κ1) is 16.2. The third-order valence-electron chi connectivity index (χ3n) is 3.11. The Balaban J connectivity index is 2.24. The molecule has 2 heterocycles. The van der Waals surface area contributed by atoms with Gasteiger partial charge in [-0.15, -0.1) is 0 Å². The van der Waals surface area contributed by atoms with Gasteiger partial charge in [-0.05, 0) is 20.3 Å². The third-order valence-corrected chi connectivity index (χ3v) is 4.17. The lowest BCUT2D eigenvalue weighted by molar-refractivity contribution is 0.0831. The quantitative estimate of drug-likeness (QED) is 0.933. The highest BCUT2D eigenvalue weighted by atomic mass is 32.1. The van der Waals surface area contributed by atoms with Crippen LogP contribution in [0.25, 0.3) is 0 Å². The maximum atomic E-state index is 12.4. The molecule has 0 saturated heterocycles. The van der Waals surface area contributed by atoms with E-state index in [0.717, 1.165) is 11.3 Å². The molecule has 22 heavy (non-hydrogen) atoms. The van der Waals surface area contributed by atoms with Gasteiger partial charge in [0.15, 0.2) is 5.13 Å². The van der Waals surface area contributed by atoms with Crippen molar-refractivity contribution in [1.82, 2.24) is 15.0 Å². The molecule has 0 aromatic carbocycles. The fourth-order valence-electron chi connectivity index (χ4n) is 1.96. The Kier molecular flexibility index (Phi) is 4.60. The highest BCUT2D eigenvalue weighted by molar-refractivity contribution is 7.17. The van der Waals surface area contributed by atoms with Crippen LogP contribution in [-0.4, -0.2) is 41.0 Å². The topological polar surface area (TPSA) is 88.3 Å². The molecule has 8 heteroatoms. The molecule has 1 N–H and O–H groups in total. The molecular formula is C14H18N4O3S. The summed E-state index contributed by atoms with van der Waals surface area (Å²) >= 11 is 1.16. The second-order valence-electron chi connectivity index (χ2n) is 5.00. The standard InChI is InChI=1S/C14H18N4O3S/c1-6-9-10(8(3)21-17-9)12(19)16-14-15-7(2)11(22-14)13(20)18(4)5/h6H2,1-5H3,(H,15,16,19). The van der Waals surface area contributed by atoms with Gasteiger partial charge in [-0.2, -0.15) is 0 Å².